The summed E-state index contributed by atoms with van der Waals surface area (Å²) in [6, 6.07) is 19.5. The number of hydrogen-bond acceptors (Lipinski definition) is 7. The standard InChI is InChI=1S/C23H20N8O2/c1-2-16-11-20(31-21(25-16)12-19(28-31)23(32)33)24-13-14-7-9-15(10-8-14)17-5-3-4-6-18(17)22-26-29-30-27-22/h3-12,24H,2,13H2,1H3,(H,32,33)(H,26,27,29,30). The van der Waals surface area contributed by atoms with Crippen LogP contribution in [0.25, 0.3) is 28.2 Å². The van der Waals surface area contributed by atoms with E-state index in [2.05, 4.69) is 36.0 Å². The van der Waals surface area contributed by atoms with E-state index in [4.69, 9.17) is 0 Å². The molecule has 3 N–H and O–H groups in total. The number of aromatic amines is 1. The van der Waals surface area contributed by atoms with Crippen molar-refractivity contribution in [2.75, 3.05) is 5.32 Å². The van der Waals surface area contributed by atoms with Gasteiger partial charge in [0.05, 0.1) is 0 Å². The van der Waals surface area contributed by atoms with Gasteiger partial charge in [0.15, 0.2) is 11.3 Å². The first-order valence-corrected chi connectivity index (χ1v) is 10.4. The molecule has 10 nitrogen and oxygen atoms in total. The first kappa shape index (κ1) is 20.3. The number of aromatic carboxylic acids is 1. The van der Waals surface area contributed by atoms with Gasteiger partial charge in [-0.25, -0.2) is 9.78 Å². The molecule has 0 atom stereocenters. The van der Waals surface area contributed by atoms with Crippen molar-refractivity contribution in [1.29, 1.82) is 0 Å². The molecule has 5 rings (SSSR count). The maximum Gasteiger partial charge on any atom is 0.356 e. The number of aryl methyl sites for hydroxylation is 1. The van der Waals surface area contributed by atoms with E-state index in [1.54, 1.807) is 0 Å². The van der Waals surface area contributed by atoms with Crippen molar-refractivity contribution >= 4 is 17.4 Å². The van der Waals surface area contributed by atoms with Crippen LogP contribution in [0.2, 0.25) is 0 Å². The lowest BCUT2D eigenvalue weighted by atomic mass is 9.98. The number of tetrazole rings is 1. The van der Waals surface area contributed by atoms with Gasteiger partial charge < -0.3 is 10.4 Å². The molecule has 0 aliphatic carbocycles. The van der Waals surface area contributed by atoms with Gasteiger partial charge in [0.2, 0.25) is 5.82 Å². The molecule has 0 saturated carbocycles. The number of carboxylic acids is 1. The second kappa shape index (κ2) is 8.50. The number of carboxylic acid groups (broad SMARTS) is 1. The van der Waals surface area contributed by atoms with Crippen LogP contribution in [0.1, 0.15) is 28.7 Å². The van der Waals surface area contributed by atoms with Crippen LogP contribution >= 0.6 is 0 Å². The summed E-state index contributed by atoms with van der Waals surface area (Å²) in [6.45, 7) is 2.54. The number of fused-ring (bicyclic) bond motifs is 1. The van der Waals surface area contributed by atoms with Crippen LogP contribution in [0.3, 0.4) is 0 Å². The minimum atomic E-state index is -1.08. The van der Waals surface area contributed by atoms with Gasteiger partial charge in [-0.05, 0) is 28.3 Å². The van der Waals surface area contributed by atoms with Crippen molar-refractivity contribution in [1.82, 2.24) is 35.2 Å². The molecule has 0 amide bonds. The number of benzene rings is 2. The van der Waals surface area contributed by atoms with Crippen molar-refractivity contribution in [3.8, 4) is 22.5 Å². The molecule has 10 heteroatoms. The third-order valence-corrected chi connectivity index (χ3v) is 5.31. The quantitative estimate of drug-likeness (QED) is 0.350. The van der Waals surface area contributed by atoms with E-state index in [-0.39, 0.29) is 5.69 Å². The maximum absolute atomic E-state index is 11.3. The molecule has 5 aromatic rings. The number of anilines is 1. The zero-order chi connectivity index (χ0) is 22.8. The highest BCUT2D eigenvalue weighted by atomic mass is 16.4. The van der Waals surface area contributed by atoms with E-state index in [0.29, 0.717) is 23.8 Å². The highest BCUT2D eigenvalue weighted by molar-refractivity contribution is 5.86. The lowest BCUT2D eigenvalue weighted by Crippen LogP contribution is -2.08. The van der Waals surface area contributed by atoms with Gasteiger partial charge in [-0.2, -0.15) is 14.8 Å². The van der Waals surface area contributed by atoms with Crippen molar-refractivity contribution in [3.63, 3.8) is 0 Å². The fraction of sp³-hybridized carbons (Fsp3) is 0.130. The maximum atomic E-state index is 11.3. The van der Waals surface area contributed by atoms with Crippen molar-refractivity contribution in [2.24, 2.45) is 0 Å². The summed E-state index contributed by atoms with van der Waals surface area (Å²) in [5, 5.41) is 31.1. The molecule has 2 aromatic carbocycles. The fourth-order valence-corrected chi connectivity index (χ4v) is 3.64. The summed E-state index contributed by atoms with van der Waals surface area (Å²) in [4.78, 5) is 15.8. The third-order valence-electron chi connectivity index (χ3n) is 5.31. The minimum Gasteiger partial charge on any atom is -0.476 e. The van der Waals surface area contributed by atoms with Crippen molar-refractivity contribution in [2.45, 2.75) is 19.9 Å². The zero-order valence-corrected chi connectivity index (χ0v) is 17.7. The van der Waals surface area contributed by atoms with E-state index < -0.39 is 5.97 Å². The van der Waals surface area contributed by atoms with E-state index in [1.165, 1.54) is 10.6 Å². The molecule has 0 radical (unpaired) electrons. The molecule has 3 aromatic heterocycles. The van der Waals surface area contributed by atoms with Gasteiger partial charge in [-0.15, -0.1) is 10.2 Å². The molecule has 33 heavy (non-hydrogen) atoms. The smallest absolute Gasteiger partial charge is 0.356 e. The van der Waals surface area contributed by atoms with Gasteiger partial charge >= 0.3 is 5.97 Å². The lowest BCUT2D eigenvalue weighted by Gasteiger charge is -2.11. The Morgan fingerprint density at radius 1 is 1.09 bits per heavy atom. The predicted molar refractivity (Wildman–Crippen MR) is 122 cm³/mol. The van der Waals surface area contributed by atoms with Gasteiger partial charge in [0.1, 0.15) is 5.82 Å². The Kier molecular flexibility index (Phi) is 5.23. The van der Waals surface area contributed by atoms with Gasteiger partial charge in [0.25, 0.3) is 0 Å². The van der Waals surface area contributed by atoms with E-state index in [9.17, 15) is 9.90 Å². The Balaban J connectivity index is 1.39. The first-order chi connectivity index (χ1) is 16.1. The largest absolute Gasteiger partial charge is 0.476 e. The Bertz CT molecular complexity index is 1430. The van der Waals surface area contributed by atoms with Gasteiger partial charge in [-0.1, -0.05) is 55.5 Å². The highest BCUT2D eigenvalue weighted by Crippen LogP contribution is 2.29. The monoisotopic (exact) mass is 440 g/mol. The average Bonchev–Trinajstić information content (AvgIpc) is 3.53. The van der Waals surface area contributed by atoms with Crippen LogP contribution in [-0.4, -0.2) is 46.3 Å². The topological polar surface area (TPSA) is 134 Å². The fourth-order valence-electron chi connectivity index (χ4n) is 3.64. The molecule has 0 bridgehead atoms. The number of nitrogens with zero attached hydrogens (tertiary/aromatic N) is 6. The molecular weight excluding hydrogens is 420 g/mol. The van der Waals surface area contributed by atoms with Gasteiger partial charge in [0, 0.05) is 29.9 Å². The summed E-state index contributed by atoms with van der Waals surface area (Å²) >= 11 is 0. The summed E-state index contributed by atoms with van der Waals surface area (Å²) < 4.78 is 1.53. The molecule has 0 aliphatic rings. The number of rotatable bonds is 7. The zero-order valence-electron chi connectivity index (χ0n) is 17.7. The summed E-state index contributed by atoms with van der Waals surface area (Å²) in [7, 11) is 0. The van der Waals surface area contributed by atoms with Crippen LogP contribution in [0, 0.1) is 0 Å². The van der Waals surface area contributed by atoms with Crippen LogP contribution in [-0.2, 0) is 13.0 Å². The van der Waals surface area contributed by atoms with Crippen molar-refractivity contribution < 1.29 is 9.90 Å². The molecule has 0 unspecified atom stereocenters. The number of H-pyrrole nitrogens is 1. The molecular formula is C23H20N8O2. The van der Waals surface area contributed by atoms with Crippen LogP contribution in [0.5, 0.6) is 0 Å². The normalized spacial score (nSPS) is 11.1. The molecule has 0 fully saturated rings. The van der Waals surface area contributed by atoms with E-state index in [1.807, 2.05) is 61.5 Å². The first-order valence-electron chi connectivity index (χ1n) is 10.4. The Labute approximate surface area is 188 Å². The molecule has 0 spiro atoms. The second-order valence-electron chi connectivity index (χ2n) is 7.42. The third kappa shape index (κ3) is 4.01. The Hall–Kier alpha value is -4.60. The molecule has 0 aliphatic heterocycles. The summed E-state index contributed by atoms with van der Waals surface area (Å²) in [5.41, 5.74) is 5.33. The predicted octanol–water partition coefficient (Wildman–Crippen LogP) is 3.45. The van der Waals surface area contributed by atoms with Crippen LogP contribution in [0.15, 0.2) is 60.7 Å². The Morgan fingerprint density at radius 2 is 1.88 bits per heavy atom. The number of aromatic nitrogens is 7. The Morgan fingerprint density at radius 3 is 2.58 bits per heavy atom. The van der Waals surface area contributed by atoms with E-state index >= 15 is 0 Å². The van der Waals surface area contributed by atoms with Crippen LogP contribution in [0.4, 0.5) is 5.82 Å². The van der Waals surface area contributed by atoms with E-state index in [0.717, 1.165) is 34.4 Å². The van der Waals surface area contributed by atoms with Gasteiger partial charge in [-0.3, -0.25) is 0 Å². The molecule has 0 saturated heterocycles. The number of carbonyl (C=O) groups is 1. The molecule has 3 heterocycles. The number of hydrogen-bond donors (Lipinski definition) is 3. The SMILES string of the molecule is CCc1cc(NCc2ccc(-c3ccccc3-c3nn[nH]n3)cc2)n2nc(C(=O)O)cc2n1. The molecule has 164 valence electrons. The summed E-state index contributed by atoms with van der Waals surface area (Å²) in [5.74, 6) is 0.154. The second-order valence-corrected chi connectivity index (χ2v) is 7.42. The lowest BCUT2D eigenvalue weighted by molar-refractivity contribution is 0.0690. The highest BCUT2D eigenvalue weighted by Gasteiger charge is 2.14. The number of nitrogens with one attached hydrogen (secondary N) is 2. The average molecular weight is 440 g/mol. The summed E-state index contributed by atoms with van der Waals surface area (Å²) in [6.07, 6.45) is 0.729. The van der Waals surface area contributed by atoms with Crippen molar-refractivity contribution in [3.05, 3.63) is 77.6 Å². The minimum absolute atomic E-state index is 0.0385. The van der Waals surface area contributed by atoms with Crippen LogP contribution < -0.4 is 5.32 Å².